The van der Waals surface area contributed by atoms with Gasteiger partial charge in [-0.2, -0.15) is 0 Å². The van der Waals surface area contributed by atoms with Crippen molar-refractivity contribution in [1.82, 2.24) is 10.2 Å². The van der Waals surface area contributed by atoms with E-state index in [2.05, 4.69) is 21.2 Å². The summed E-state index contributed by atoms with van der Waals surface area (Å²) in [5, 5.41) is 2.95. The van der Waals surface area contributed by atoms with Crippen LogP contribution >= 0.6 is 15.9 Å². The Kier molecular flexibility index (Phi) is 4.76. The summed E-state index contributed by atoms with van der Waals surface area (Å²) in [6.45, 7) is 0.146. The lowest BCUT2D eigenvalue weighted by molar-refractivity contribution is -0.139. The van der Waals surface area contributed by atoms with Gasteiger partial charge in [-0.1, -0.05) is 40.9 Å². The highest BCUT2D eigenvalue weighted by Crippen LogP contribution is 2.42. The molecule has 0 atom stereocenters. The van der Waals surface area contributed by atoms with E-state index in [0.29, 0.717) is 6.04 Å². The first kappa shape index (κ1) is 16.5. The highest BCUT2D eigenvalue weighted by atomic mass is 79.9. The highest BCUT2D eigenvalue weighted by molar-refractivity contribution is 9.10. The van der Waals surface area contributed by atoms with Crippen molar-refractivity contribution in [2.75, 3.05) is 13.6 Å². The molecule has 0 unspecified atom stereocenters. The summed E-state index contributed by atoms with van der Waals surface area (Å²) in [5.41, 5.74) is 0.604. The van der Waals surface area contributed by atoms with Crippen LogP contribution in [-0.2, 0) is 15.0 Å². The van der Waals surface area contributed by atoms with Crippen LogP contribution in [0.2, 0.25) is 0 Å². The van der Waals surface area contributed by atoms with Gasteiger partial charge in [-0.15, -0.1) is 0 Å². The van der Waals surface area contributed by atoms with Crippen LogP contribution in [0.4, 0.5) is 0 Å². The fraction of sp³-hybridized carbons (Fsp3) is 0.556. The summed E-state index contributed by atoms with van der Waals surface area (Å²) in [6, 6.07) is 8.37. The molecule has 0 bridgehead atoms. The lowest BCUT2D eigenvalue weighted by Crippen LogP contribution is -2.47. The van der Waals surface area contributed by atoms with Crippen LogP contribution in [0.3, 0.4) is 0 Å². The minimum absolute atomic E-state index is 0.0488. The number of likely N-dealkylation sites (N-methyl/N-ethyl adjacent to an activating group) is 1. The van der Waals surface area contributed by atoms with Gasteiger partial charge >= 0.3 is 0 Å². The van der Waals surface area contributed by atoms with Gasteiger partial charge in [-0.25, -0.2) is 0 Å². The second-order valence-electron chi connectivity index (χ2n) is 6.80. The average Bonchev–Trinajstić information content (AvgIpc) is 3.19. The largest absolute Gasteiger partial charge is 0.352 e. The fourth-order valence-corrected chi connectivity index (χ4v) is 3.79. The number of carbonyl (C=O) groups is 2. The Hall–Kier alpha value is -1.36. The maximum atomic E-state index is 13.1. The molecule has 0 saturated heterocycles. The molecule has 2 amide bonds. The Morgan fingerprint density at radius 3 is 2.39 bits per heavy atom. The minimum atomic E-state index is -0.463. The molecule has 0 spiro atoms. The molecule has 2 fully saturated rings. The Labute approximate surface area is 145 Å². The molecule has 23 heavy (non-hydrogen) atoms. The summed E-state index contributed by atoms with van der Waals surface area (Å²) < 4.78 is 1.01. The number of halogens is 1. The molecule has 0 aliphatic heterocycles. The van der Waals surface area contributed by atoms with Crippen LogP contribution < -0.4 is 5.32 Å². The molecule has 1 N–H and O–H groups in total. The molecule has 2 saturated carbocycles. The van der Waals surface area contributed by atoms with E-state index >= 15 is 0 Å². The lowest BCUT2D eigenvalue weighted by Gasteiger charge is -2.32. The quantitative estimate of drug-likeness (QED) is 0.855. The van der Waals surface area contributed by atoms with Gasteiger partial charge in [0.1, 0.15) is 0 Å². The first-order chi connectivity index (χ1) is 11.0. The molecule has 2 aliphatic carbocycles. The van der Waals surface area contributed by atoms with Crippen molar-refractivity contribution in [3.63, 3.8) is 0 Å². The van der Waals surface area contributed by atoms with E-state index in [9.17, 15) is 9.59 Å². The van der Waals surface area contributed by atoms with Crippen molar-refractivity contribution in [2.24, 2.45) is 0 Å². The van der Waals surface area contributed by atoms with Crippen molar-refractivity contribution in [3.05, 3.63) is 34.3 Å². The van der Waals surface area contributed by atoms with Gasteiger partial charge in [-0.05, 0) is 43.4 Å². The smallest absolute Gasteiger partial charge is 0.239 e. The SMILES string of the molecule is CN(CC(=O)NC1CC1)C(=O)C1(c2ccc(Br)cc2)CCCC1. The van der Waals surface area contributed by atoms with Gasteiger partial charge in [0.15, 0.2) is 0 Å². The predicted molar refractivity (Wildman–Crippen MR) is 93.1 cm³/mol. The molecule has 1 aromatic carbocycles. The van der Waals surface area contributed by atoms with Gasteiger partial charge in [0.05, 0.1) is 12.0 Å². The molecule has 4 nitrogen and oxygen atoms in total. The number of amides is 2. The standard InChI is InChI=1S/C18H23BrN2O2/c1-21(12-16(22)20-15-8-9-15)17(23)18(10-2-3-11-18)13-4-6-14(19)7-5-13/h4-7,15H,2-3,8-12H2,1H3,(H,20,22). The first-order valence-corrected chi connectivity index (χ1v) is 9.11. The van der Waals surface area contributed by atoms with Crippen molar-refractivity contribution in [1.29, 1.82) is 0 Å². The lowest BCUT2D eigenvalue weighted by atomic mass is 9.77. The topological polar surface area (TPSA) is 49.4 Å². The third-order valence-corrected chi connectivity index (χ3v) is 5.46. The highest BCUT2D eigenvalue weighted by Gasteiger charge is 2.44. The molecule has 1 aromatic rings. The third kappa shape index (κ3) is 3.60. The van der Waals surface area contributed by atoms with E-state index in [1.54, 1.807) is 11.9 Å². The van der Waals surface area contributed by atoms with Crippen molar-refractivity contribution in [2.45, 2.75) is 50.0 Å². The minimum Gasteiger partial charge on any atom is -0.352 e. The number of nitrogens with zero attached hydrogens (tertiary/aromatic N) is 1. The molecular formula is C18H23BrN2O2. The number of benzene rings is 1. The van der Waals surface area contributed by atoms with Crippen LogP contribution in [0.25, 0.3) is 0 Å². The molecule has 0 radical (unpaired) electrons. The Morgan fingerprint density at radius 1 is 1.22 bits per heavy atom. The zero-order valence-electron chi connectivity index (χ0n) is 13.5. The summed E-state index contributed by atoms with van der Waals surface area (Å²) >= 11 is 3.45. The summed E-state index contributed by atoms with van der Waals surface area (Å²) in [5.74, 6) is 0.0237. The second kappa shape index (κ2) is 6.63. The van der Waals surface area contributed by atoms with Gasteiger partial charge in [0, 0.05) is 17.6 Å². The summed E-state index contributed by atoms with van der Waals surface area (Å²) in [6.07, 6.45) is 5.97. The van der Waals surface area contributed by atoms with E-state index in [-0.39, 0.29) is 18.4 Å². The number of carbonyl (C=O) groups excluding carboxylic acids is 2. The van der Waals surface area contributed by atoms with Crippen LogP contribution in [0, 0.1) is 0 Å². The molecule has 0 heterocycles. The molecular weight excluding hydrogens is 356 g/mol. The first-order valence-electron chi connectivity index (χ1n) is 8.32. The molecule has 2 aliphatic rings. The van der Waals surface area contributed by atoms with E-state index in [1.807, 2.05) is 24.3 Å². The molecule has 3 rings (SSSR count). The Morgan fingerprint density at radius 2 is 1.83 bits per heavy atom. The Balaban J connectivity index is 1.75. The van der Waals surface area contributed by atoms with E-state index < -0.39 is 5.41 Å². The third-order valence-electron chi connectivity index (χ3n) is 4.93. The van der Waals surface area contributed by atoms with Gasteiger partial charge in [0.25, 0.3) is 0 Å². The van der Waals surface area contributed by atoms with E-state index in [4.69, 9.17) is 0 Å². The van der Waals surface area contributed by atoms with Gasteiger partial charge in [0.2, 0.25) is 11.8 Å². The summed E-state index contributed by atoms with van der Waals surface area (Å²) in [7, 11) is 1.74. The predicted octanol–water partition coefficient (Wildman–Crippen LogP) is 3.00. The number of rotatable bonds is 5. The monoisotopic (exact) mass is 378 g/mol. The maximum absolute atomic E-state index is 13.1. The van der Waals surface area contributed by atoms with Gasteiger partial charge in [-0.3, -0.25) is 9.59 Å². The maximum Gasteiger partial charge on any atom is 0.239 e. The Bertz CT molecular complexity index is 590. The number of hydrogen-bond acceptors (Lipinski definition) is 2. The zero-order chi connectivity index (χ0) is 16.4. The normalized spacial score (nSPS) is 19.4. The van der Waals surface area contributed by atoms with Crippen molar-refractivity contribution in [3.8, 4) is 0 Å². The molecule has 5 heteroatoms. The van der Waals surface area contributed by atoms with E-state index in [1.165, 1.54) is 0 Å². The van der Waals surface area contributed by atoms with Crippen LogP contribution in [-0.4, -0.2) is 36.3 Å². The number of nitrogens with one attached hydrogen (secondary N) is 1. The van der Waals surface area contributed by atoms with Crippen molar-refractivity contribution < 1.29 is 9.59 Å². The fourth-order valence-electron chi connectivity index (χ4n) is 3.53. The van der Waals surface area contributed by atoms with Crippen molar-refractivity contribution >= 4 is 27.7 Å². The van der Waals surface area contributed by atoms with Crippen LogP contribution in [0.1, 0.15) is 44.1 Å². The average molecular weight is 379 g/mol. The van der Waals surface area contributed by atoms with Crippen LogP contribution in [0.5, 0.6) is 0 Å². The van der Waals surface area contributed by atoms with Gasteiger partial charge < -0.3 is 10.2 Å². The second-order valence-corrected chi connectivity index (χ2v) is 7.71. The summed E-state index contributed by atoms with van der Waals surface area (Å²) in [4.78, 5) is 26.7. The zero-order valence-corrected chi connectivity index (χ0v) is 15.1. The van der Waals surface area contributed by atoms with E-state index in [0.717, 1.165) is 48.6 Å². The van der Waals surface area contributed by atoms with Crippen LogP contribution in [0.15, 0.2) is 28.7 Å². The number of hydrogen-bond donors (Lipinski definition) is 1. The molecule has 0 aromatic heterocycles. The molecule has 124 valence electrons.